The van der Waals surface area contributed by atoms with Crippen LogP contribution in [0.4, 0.5) is 0 Å². The molecule has 0 radical (unpaired) electrons. The van der Waals surface area contributed by atoms with Crippen LogP contribution in [0.15, 0.2) is 23.4 Å². The van der Waals surface area contributed by atoms with Gasteiger partial charge in [0.1, 0.15) is 0 Å². The summed E-state index contributed by atoms with van der Waals surface area (Å²) >= 11 is 13.5. The molecule has 1 aromatic heterocycles. The molecule has 3 rings (SSSR count). The van der Waals surface area contributed by atoms with Crippen LogP contribution in [0.25, 0.3) is 11.4 Å². The van der Waals surface area contributed by atoms with Crippen molar-refractivity contribution in [2.75, 3.05) is 18.1 Å². The lowest BCUT2D eigenvalue weighted by Crippen LogP contribution is -2.42. The predicted molar refractivity (Wildman–Crippen MR) is 111 cm³/mol. The Morgan fingerprint density at radius 2 is 2.04 bits per heavy atom. The van der Waals surface area contributed by atoms with Gasteiger partial charge in [-0.25, -0.2) is 4.68 Å². The summed E-state index contributed by atoms with van der Waals surface area (Å²) in [6.45, 7) is 2.75. The summed E-state index contributed by atoms with van der Waals surface area (Å²) < 4.78 is 1.35. The Morgan fingerprint density at radius 1 is 1.30 bits per heavy atom. The Balaban J connectivity index is 1.68. The Bertz CT molecular complexity index is 807. The third-order valence-electron chi connectivity index (χ3n) is 4.84. The van der Waals surface area contributed by atoms with Crippen molar-refractivity contribution in [3.8, 4) is 11.4 Å². The second-order valence-electron chi connectivity index (χ2n) is 6.56. The molecule has 1 amide bonds. The van der Waals surface area contributed by atoms with Crippen LogP contribution in [0.3, 0.4) is 0 Å². The van der Waals surface area contributed by atoms with E-state index in [2.05, 4.69) is 10.2 Å². The minimum atomic E-state index is 0.111. The maximum absolute atomic E-state index is 12.7. The summed E-state index contributed by atoms with van der Waals surface area (Å²) in [6, 6.07) is 5.43. The van der Waals surface area contributed by atoms with E-state index in [1.54, 1.807) is 18.2 Å². The molecule has 1 saturated carbocycles. The lowest BCUT2D eigenvalue weighted by molar-refractivity contribution is -0.131. The first-order chi connectivity index (χ1) is 13.0. The average molecular weight is 428 g/mol. The minimum absolute atomic E-state index is 0.111. The van der Waals surface area contributed by atoms with Crippen molar-refractivity contribution in [1.82, 2.24) is 19.8 Å². The first-order valence-electron chi connectivity index (χ1n) is 9.09. The monoisotopic (exact) mass is 427 g/mol. The number of nitrogens with two attached hydrogens (primary N) is 1. The largest absolute Gasteiger partial charge is 0.339 e. The molecule has 1 aromatic carbocycles. The molecule has 0 atom stereocenters. The third kappa shape index (κ3) is 4.70. The lowest BCUT2D eigenvalue weighted by atomic mass is 9.94. The molecule has 0 aliphatic heterocycles. The summed E-state index contributed by atoms with van der Waals surface area (Å²) in [7, 11) is 0. The topological polar surface area (TPSA) is 77.0 Å². The van der Waals surface area contributed by atoms with E-state index < -0.39 is 0 Å². The summed E-state index contributed by atoms with van der Waals surface area (Å²) in [6.07, 6.45) is 5.84. The molecule has 0 spiro atoms. The van der Waals surface area contributed by atoms with Gasteiger partial charge in [0.05, 0.1) is 10.8 Å². The number of rotatable bonds is 6. The molecule has 1 fully saturated rings. The van der Waals surface area contributed by atoms with Gasteiger partial charge in [-0.1, -0.05) is 54.2 Å². The van der Waals surface area contributed by atoms with Gasteiger partial charge in [-0.2, -0.15) is 0 Å². The van der Waals surface area contributed by atoms with E-state index in [0.29, 0.717) is 32.6 Å². The molecule has 27 heavy (non-hydrogen) atoms. The highest BCUT2D eigenvalue weighted by Gasteiger charge is 2.25. The number of hydrogen-bond acceptors (Lipinski definition) is 5. The van der Waals surface area contributed by atoms with E-state index >= 15 is 0 Å². The number of benzene rings is 1. The molecule has 0 bridgehead atoms. The van der Waals surface area contributed by atoms with Crippen molar-refractivity contribution >= 4 is 40.9 Å². The number of halogens is 2. The molecule has 0 saturated heterocycles. The Morgan fingerprint density at radius 3 is 2.74 bits per heavy atom. The van der Waals surface area contributed by atoms with Crippen LogP contribution in [0.1, 0.15) is 39.0 Å². The Labute approximate surface area is 173 Å². The molecule has 1 aliphatic rings. The zero-order chi connectivity index (χ0) is 19.4. The Hall–Kier alpha value is -1.44. The number of carbonyl (C=O) groups is 1. The molecule has 146 valence electrons. The number of nitrogen functional groups attached to an aromatic ring is 1. The normalized spacial score (nSPS) is 15.1. The number of nitrogens with zero attached hydrogens (tertiary/aromatic N) is 4. The van der Waals surface area contributed by atoms with Crippen LogP contribution in [0, 0.1) is 0 Å². The quantitative estimate of drug-likeness (QED) is 0.550. The second-order valence-corrected chi connectivity index (χ2v) is 8.35. The van der Waals surface area contributed by atoms with Crippen molar-refractivity contribution in [2.24, 2.45) is 0 Å². The standard InChI is InChI=1S/C18H23Cl2N5OS/c1-2-24(13-6-4-3-5-7-13)16(26)11-27-18-23-22-17(25(18)21)14-10-12(19)8-9-15(14)20/h8-10,13H,2-7,11,21H2,1H3. The van der Waals surface area contributed by atoms with Gasteiger partial charge < -0.3 is 10.7 Å². The third-order valence-corrected chi connectivity index (χ3v) is 6.33. The van der Waals surface area contributed by atoms with E-state index in [-0.39, 0.29) is 11.7 Å². The van der Waals surface area contributed by atoms with Gasteiger partial charge >= 0.3 is 0 Å². The van der Waals surface area contributed by atoms with E-state index in [4.69, 9.17) is 29.0 Å². The highest BCUT2D eigenvalue weighted by Crippen LogP contribution is 2.30. The van der Waals surface area contributed by atoms with E-state index in [1.807, 2.05) is 11.8 Å². The van der Waals surface area contributed by atoms with Crippen LogP contribution in [-0.4, -0.2) is 44.0 Å². The lowest BCUT2D eigenvalue weighted by Gasteiger charge is -2.33. The molecule has 2 aromatic rings. The van der Waals surface area contributed by atoms with Crippen molar-refractivity contribution in [1.29, 1.82) is 0 Å². The summed E-state index contributed by atoms with van der Waals surface area (Å²) in [4.78, 5) is 14.7. The molecule has 0 unspecified atom stereocenters. The summed E-state index contributed by atoms with van der Waals surface area (Å²) in [5, 5.41) is 9.72. The first kappa shape index (κ1) is 20.3. The first-order valence-corrected chi connectivity index (χ1v) is 10.8. The van der Waals surface area contributed by atoms with Gasteiger partial charge in [0.15, 0.2) is 5.82 Å². The fourth-order valence-electron chi connectivity index (χ4n) is 3.47. The maximum Gasteiger partial charge on any atom is 0.233 e. The SMILES string of the molecule is CCN(C(=O)CSc1nnc(-c2cc(Cl)ccc2Cl)n1N)C1CCCCC1. The van der Waals surface area contributed by atoms with Crippen LogP contribution in [-0.2, 0) is 4.79 Å². The molecule has 9 heteroatoms. The second kappa shape index (κ2) is 9.17. The van der Waals surface area contributed by atoms with Gasteiger partial charge in [0.2, 0.25) is 11.1 Å². The molecular weight excluding hydrogens is 405 g/mol. The van der Waals surface area contributed by atoms with Gasteiger partial charge in [-0.3, -0.25) is 4.79 Å². The van der Waals surface area contributed by atoms with Crippen molar-refractivity contribution in [2.45, 2.75) is 50.2 Å². The predicted octanol–water partition coefficient (Wildman–Crippen LogP) is 4.24. The minimum Gasteiger partial charge on any atom is -0.339 e. The van der Waals surface area contributed by atoms with Crippen molar-refractivity contribution < 1.29 is 4.79 Å². The van der Waals surface area contributed by atoms with Crippen LogP contribution >= 0.6 is 35.0 Å². The number of amides is 1. The maximum atomic E-state index is 12.7. The molecule has 1 heterocycles. The highest BCUT2D eigenvalue weighted by molar-refractivity contribution is 7.99. The fraction of sp³-hybridized carbons (Fsp3) is 0.500. The molecule has 1 aliphatic carbocycles. The van der Waals surface area contributed by atoms with Crippen LogP contribution < -0.4 is 5.84 Å². The molecular formula is C18H23Cl2N5OS. The van der Waals surface area contributed by atoms with Crippen molar-refractivity contribution in [3.05, 3.63) is 28.2 Å². The zero-order valence-corrected chi connectivity index (χ0v) is 17.5. The highest BCUT2D eigenvalue weighted by atomic mass is 35.5. The van der Waals surface area contributed by atoms with Crippen LogP contribution in [0.2, 0.25) is 10.0 Å². The van der Waals surface area contributed by atoms with E-state index in [0.717, 1.165) is 19.4 Å². The zero-order valence-electron chi connectivity index (χ0n) is 15.2. The van der Waals surface area contributed by atoms with Crippen LogP contribution in [0.5, 0.6) is 0 Å². The molecule has 2 N–H and O–H groups in total. The van der Waals surface area contributed by atoms with E-state index in [9.17, 15) is 4.79 Å². The number of thioether (sulfide) groups is 1. The van der Waals surface area contributed by atoms with Gasteiger partial charge in [-0.05, 0) is 38.0 Å². The summed E-state index contributed by atoms with van der Waals surface area (Å²) in [5.41, 5.74) is 0.606. The van der Waals surface area contributed by atoms with Crippen molar-refractivity contribution in [3.63, 3.8) is 0 Å². The fourth-order valence-corrected chi connectivity index (χ4v) is 4.58. The van der Waals surface area contributed by atoms with Gasteiger partial charge in [-0.15, -0.1) is 10.2 Å². The summed E-state index contributed by atoms with van der Waals surface area (Å²) in [5.74, 6) is 6.94. The number of hydrogen-bond donors (Lipinski definition) is 1. The number of aromatic nitrogens is 3. The van der Waals surface area contributed by atoms with Gasteiger partial charge in [0, 0.05) is 23.2 Å². The average Bonchev–Trinajstić information content (AvgIpc) is 3.04. The van der Waals surface area contributed by atoms with Gasteiger partial charge in [0.25, 0.3) is 0 Å². The Kier molecular flexibility index (Phi) is 6.89. The molecule has 6 nitrogen and oxygen atoms in total. The number of carbonyl (C=O) groups excluding carboxylic acids is 1. The smallest absolute Gasteiger partial charge is 0.233 e. The van der Waals surface area contributed by atoms with E-state index in [1.165, 1.54) is 35.7 Å².